The van der Waals surface area contributed by atoms with Crippen molar-refractivity contribution in [2.45, 2.75) is 38.2 Å². The minimum Gasteiger partial charge on any atom is -0.388 e. The highest BCUT2D eigenvalue weighted by Gasteiger charge is 2.27. The van der Waals surface area contributed by atoms with Gasteiger partial charge < -0.3 is 5.11 Å². The second-order valence-electron chi connectivity index (χ2n) is 5.55. The molecule has 2 aromatic rings. The quantitative estimate of drug-likeness (QED) is 0.851. The van der Waals surface area contributed by atoms with Crippen molar-refractivity contribution in [3.8, 4) is 0 Å². The normalized spacial score (nSPS) is 19.8. The van der Waals surface area contributed by atoms with Crippen LogP contribution in [0.25, 0.3) is 0 Å². The van der Waals surface area contributed by atoms with E-state index in [2.05, 4.69) is 55.5 Å². The molecule has 0 radical (unpaired) electrons. The lowest BCUT2D eigenvalue weighted by Gasteiger charge is -2.29. The van der Waals surface area contributed by atoms with E-state index in [4.69, 9.17) is 0 Å². The Morgan fingerprint density at radius 3 is 2.58 bits per heavy atom. The van der Waals surface area contributed by atoms with Gasteiger partial charge >= 0.3 is 0 Å². The van der Waals surface area contributed by atoms with E-state index in [0.29, 0.717) is 0 Å². The van der Waals surface area contributed by atoms with Crippen LogP contribution in [-0.4, -0.2) is 5.11 Å². The van der Waals surface area contributed by atoms with E-state index >= 15 is 0 Å². The number of hydrogen-bond donors (Lipinski definition) is 1. The van der Waals surface area contributed by atoms with Crippen LogP contribution in [0.1, 0.15) is 47.1 Å². The predicted molar refractivity (Wildman–Crippen MR) is 78.3 cm³/mol. The maximum absolute atomic E-state index is 10.7. The highest BCUT2D eigenvalue weighted by atomic mass is 16.3. The average molecular weight is 252 g/mol. The third-order valence-electron chi connectivity index (χ3n) is 4.22. The smallest absolute Gasteiger partial charge is 0.0858 e. The second-order valence-corrected chi connectivity index (χ2v) is 5.55. The number of hydrogen-bond acceptors (Lipinski definition) is 1. The van der Waals surface area contributed by atoms with Gasteiger partial charge in [-0.3, -0.25) is 0 Å². The third kappa shape index (κ3) is 2.43. The molecule has 1 aliphatic rings. The summed E-state index contributed by atoms with van der Waals surface area (Å²) in [5.41, 5.74) is 5.01. The van der Waals surface area contributed by atoms with Gasteiger partial charge in [-0.1, -0.05) is 54.1 Å². The van der Waals surface area contributed by atoms with Crippen molar-refractivity contribution in [3.63, 3.8) is 0 Å². The topological polar surface area (TPSA) is 20.2 Å². The highest BCUT2D eigenvalue weighted by Crippen LogP contribution is 2.40. The fourth-order valence-corrected chi connectivity index (χ4v) is 3.12. The van der Waals surface area contributed by atoms with Crippen LogP contribution < -0.4 is 0 Å². The third-order valence-corrected chi connectivity index (χ3v) is 4.22. The van der Waals surface area contributed by atoms with Crippen molar-refractivity contribution >= 4 is 0 Å². The Labute approximate surface area is 114 Å². The van der Waals surface area contributed by atoms with Gasteiger partial charge in [0.25, 0.3) is 0 Å². The first-order chi connectivity index (χ1) is 9.25. The van der Waals surface area contributed by atoms with Crippen molar-refractivity contribution in [2.75, 3.05) is 0 Å². The summed E-state index contributed by atoms with van der Waals surface area (Å²) in [6, 6.07) is 16.8. The Morgan fingerprint density at radius 1 is 1.05 bits per heavy atom. The summed E-state index contributed by atoms with van der Waals surface area (Å²) in [6.07, 6.45) is 3.01. The van der Waals surface area contributed by atoms with E-state index < -0.39 is 0 Å². The average Bonchev–Trinajstić information content (AvgIpc) is 2.47. The minimum absolute atomic E-state index is 0.243. The van der Waals surface area contributed by atoms with E-state index in [9.17, 15) is 5.11 Å². The van der Waals surface area contributed by atoms with Gasteiger partial charge in [-0.05, 0) is 42.9 Å². The second kappa shape index (κ2) is 5.18. The van der Waals surface area contributed by atoms with Gasteiger partial charge in [-0.15, -0.1) is 0 Å². The maximum Gasteiger partial charge on any atom is 0.0858 e. The van der Waals surface area contributed by atoms with Crippen LogP contribution in [0.5, 0.6) is 0 Å². The van der Waals surface area contributed by atoms with E-state index in [-0.39, 0.29) is 12.0 Å². The molecular formula is C18H20O. The van der Waals surface area contributed by atoms with Crippen molar-refractivity contribution in [1.82, 2.24) is 0 Å². The summed E-state index contributed by atoms with van der Waals surface area (Å²) < 4.78 is 0. The van der Waals surface area contributed by atoms with Gasteiger partial charge in [0, 0.05) is 5.92 Å². The number of aryl methyl sites for hydroxylation is 2. The van der Waals surface area contributed by atoms with Crippen molar-refractivity contribution in [2.24, 2.45) is 0 Å². The standard InChI is InChI=1S/C18H20O/c1-13-9-11-15(12-10-13)18(19)17-8-4-6-14-5-2-3-7-16(14)17/h2-3,5,7,9-12,17-19H,4,6,8H2,1H3. The number of fused-ring (bicyclic) bond motifs is 1. The van der Waals surface area contributed by atoms with Crippen LogP contribution in [0.3, 0.4) is 0 Å². The molecule has 2 aromatic carbocycles. The molecule has 0 amide bonds. The molecule has 1 heteroatoms. The fourth-order valence-electron chi connectivity index (χ4n) is 3.12. The van der Waals surface area contributed by atoms with Crippen LogP contribution in [0.2, 0.25) is 0 Å². The molecule has 98 valence electrons. The van der Waals surface area contributed by atoms with Gasteiger partial charge in [0.15, 0.2) is 0 Å². The zero-order valence-corrected chi connectivity index (χ0v) is 11.3. The van der Waals surface area contributed by atoms with Crippen LogP contribution in [0.4, 0.5) is 0 Å². The Morgan fingerprint density at radius 2 is 1.79 bits per heavy atom. The first-order valence-corrected chi connectivity index (χ1v) is 7.08. The molecule has 3 rings (SSSR count). The zero-order chi connectivity index (χ0) is 13.2. The van der Waals surface area contributed by atoms with Crippen LogP contribution in [0, 0.1) is 6.92 Å². The summed E-state index contributed by atoms with van der Waals surface area (Å²) >= 11 is 0. The molecule has 0 spiro atoms. The number of aliphatic hydroxyl groups excluding tert-OH is 1. The monoisotopic (exact) mass is 252 g/mol. The predicted octanol–water partition coefficient (Wildman–Crippen LogP) is 4.15. The van der Waals surface area contributed by atoms with Crippen LogP contribution in [0.15, 0.2) is 48.5 Å². The molecule has 0 aromatic heterocycles. The van der Waals surface area contributed by atoms with E-state index in [1.165, 1.54) is 23.1 Å². The molecule has 1 nitrogen and oxygen atoms in total. The van der Waals surface area contributed by atoms with Crippen molar-refractivity contribution in [3.05, 3.63) is 70.8 Å². The zero-order valence-electron chi connectivity index (χ0n) is 11.3. The molecule has 19 heavy (non-hydrogen) atoms. The molecule has 0 fully saturated rings. The van der Waals surface area contributed by atoms with Crippen molar-refractivity contribution < 1.29 is 5.11 Å². The number of rotatable bonds is 2. The van der Waals surface area contributed by atoms with E-state index in [1.807, 2.05) is 0 Å². The molecule has 2 atom stereocenters. The van der Waals surface area contributed by atoms with Gasteiger partial charge in [-0.2, -0.15) is 0 Å². The largest absolute Gasteiger partial charge is 0.388 e. The summed E-state index contributed by atoms with van der Waals surface area (Å²) in [4.78, 5) is 0. The number of aliphatic hydroxyl groups is 1. The molecule has 0 aliphatic heterocycles. The Bertz CT molecular complexity index is 556. The minimum atomic E-state index is -0.387. The molecule has 1 N–H and O–H groups in total. The van der Waals surface area contributed by atoms with Crippen LogP contribution in [-0.2, 0) is 6.42 Å². The Hall–Kier alpha value is -1.60. The summed E-state index contributed by atoms with van der Waals surface area (Å²) in [6.45, 7) is 2.08. The SMILES string of the molecule is Cc1ccc(C(O)C2CCCc3ccccc32)cc1. The highest BCUT2D eigenvalue weighted by molar-refractivity contribution is 5.36. The summed E-state index contributed by atoms with van der Waals surface area (Å²) in [7, 11) is 0. The molecule has 0 bridgehead atoms. The van der Waals surface area contributed by atoms with Crippen molar-refractivity contribution in [1.29, 1.82) is 0 Å². The first kappa shape index (κ1) is 12.4. The molecule has 0 saturated heterocycles. The van der Waals surface area contributed by atoms with E-state index in [0.717, 1.165) is 18.4 Å². The molecule has 1 aliphatic carbocycles. The van der Waals surface area contributed by atoms with Gasteiger partial charge in [0.05, 0.1) is 6.10 Å². The van der Waals surface area contributed by atoms with Gasteiger partial charge in [0.2, 0.25) is 0 Å². The molecule has 0 saturated carbocycles. The first-order valence-electron chi connectivity index (χ1n) is 7.08. The summed E-state index contributed by atoms with van der Waals surface area (Å²) in [5.74, 6) is 0.243. The molecule has 2 unspecified atom stereocenters. The Balaban J connectivity index is 1.92. The molecule has 0 heterocycles. The molecular weight excluding hydrogens is 232 g/mol. The van der Waals surface area contributed by atoms with Gasteiger partial charge in [-0.25, -0.2) is 0 Å². The summed E-state index contributed by atoms with van der Waals surface area (Å²) in [5, 5.41) is 10.7. The lowest BCUT2D eigenvalue weighted by molar-refractivity contribution is 0.136. The van der Waals surface area contributed by atoms with Crippen LogP contribution >= 0.6 is 0 Å². The lowest BCUT2D eigenvalue weighted by Crippen LogP contribution is -2.17. The number of benzene rings is 2. The van der Waals surface area contributed by atoms with E-state index in [1.54, 1.807) is 0 Å². The maximum atomic E-state index is 10.7. The van der Waals surface area contributed by atoms with Gasteiger partial charge in [0.1, 0.15) is 0 Å². The Kier molecular flexibility index (Phi) is 3.39. The fraction of sp³-hybridized carbons (Fsp3) is 0.333. The lowest BCUT2D eigenvalue weighted by atomic mass is 9.78.